The van der Waals surface area contributed by atoms with E-state index in [2.05, 4.69) is 10.1 Å². The van der Waals surface area contributed by atoms with Crippen LogP contribution in [0, 0.1) is 25.4 Å². The molecule has 10 nitrogen and oxygen atoms in total. The van der Waals surface area contributed by atoms with Crippen LogP contribution >= 0.6 is 11.6 Å². The molecule has 11 heteroatoms. The monoisotopic (exact) mass is 261 g/mol. The van der Waals surface area contributed by atoms with Crippen molar-refractivity contribution in [1.29, 1.82) is 0 Å². The Morgan fingerprint density at radius 3 is 2.65 bits per heavy atom. The van der Waals surface area contributed by atoms with Gasteiger partial charge in [0, 0.05) is 6.08 Å². The molecule has 2 aliphatic rings. The number of halogens is 1. The van der Waals surface area contributed by atoms with Crippen molar-refractivity contribution in [2.75, 3.05) is 0 Å². The molecule has 0 amide bonds. The Balaban J connectivity index is 2.60. The molecule has 1 aliphatic carbocycles. The number of fused-ring (bicyclic) bond motifs is 1. The molecule has 1 aliphatic heterocycles. The van der Waals surface area contributed by atoms with Crippen molar-refractivity contribution in [3.8, 4) is 0 Å². The van der Waals surface area contributed by atoms with Crippen LogP contribution in [0.5, 0.6) is 0 Å². The van der Waals surface area contributed by atoms with Crippen LogP contribution in [-0.2, 0) is 4.94 Å². The van der Waals surface area contributed by atoms with Crippen LogP contribution in [0.3, 0.4) is 0 Å². The van der Waals surface area contributed by atoms with Crippen molar-refractivity contribution >= 4 is 17.3 Å². The quantitative estimate of drug-likeness (QED) is 0.303. The van der Waals surface area contributed by atoms with Crippen LogP contribution in [0.25, 0.3) is 0 Å². The first kappa shape index (κ1) is 11.3. The third-order valence-electron chi connectivity index (χ3n) is 2.08. The van der Waals surface area contributed by atoms with Crippen LogP contribution in [0.2, 0.25) is 0 Å². The molecule has 0 saturated heterocycles. The lowest BCUT2D eigenvalue weighted by Crippen LogP contribution is -2.42. The standard InChI is InChI=1S/C6H2ClN4O6/c7-6(11(15)16)2-3(9(12)13)1-4-5(6)8-17-10(4)14/h1-2H/q-1. The Kier molecular flexibility index (Phi) is 2.26. The van der Waals surface area contributed by atoms with E-state index < -0.39 is 32.0 Å². The lowest BCUT2D eigenvalue weighted by atomic mass is 10.0. The molecule has 17 heavy (non-hydrogen) atoms. The molecule has 90 valence electrons. The summed E-state index contributed by atoms with van der Waals surface area (Å²) in [5.74, 6) is 0. The maximum atomic E-state index is 11.1. The summed E-state index contributed by atoms with van der Waals surface area (Å²) in [6.45, 7) is 0. The van der Waals surface area contributed by atoms with Crippen LogP contribution in [0.1, 0.15) is 0 Å². The van der Waals surface area contributed by atoms with Gasteiger partial charge in [0.2, 0.25) is 5.71 Å². The van der Waals surface area contributed by atoms with Gasteiger partial charge < -0.3 is 5.21 Å². The van der Waals surface area contributed by atoms with Gasteiger partial charge in [-0.25, -0.2) is 5.23 Å². The van der Waals surface area contributed by atoms with Crippen LogP contribution in [-0.4, -0.2) is 25.8 Å². The van der Waals surface area contributed by atoms with Gasteiger partial charge in [-0.3, -0.25) is 25.2 Å². The summed E-state index contributed by atoms with van der Waals surface area (Å²) < 4.78 is 0. The van der Waals surface area contributed by atoms with Gasteiger partial charge in [0.1, 0.15) is 5.70 Å². The zero-order chi connectivity index (χ0) is 12.8. The summed E-state index contributed by atoms with van der Waals surface area (Å²) in [7, 11) is 0. The predicted octanol–water partition coefficient (Wildman–Crippen LogP) is 0.357. The summed E-state index contributed by atoms with van der Waals surface area (Å²) in [6, 6.07) is 0. The summed E-state index contributed by atoms with van der Waals surface area (Å²) in [6.07, 6.45) is 1.38. The molecule has 2 rings (SSSR count). The fraction of sp³-hybridized carbons (Fsp3) is 0.167. The Bertz CT molecular complexity index is 513. The summed E-state index contributed by atoms with van der Waals surface area (Å²) in [5, 5.41) is 35.4. The molecule has 0 fully saturated rings. The zero-order valence-corrected chi connectivity index (χ0v) is 8.53. The van der Waals surface area contributed by atoms with E-state index in [1.165, 1.54) is 0 Å². The van der Waals surface area contributed by atoms with E-state index in [1.807, 2.05) is 0 Å². The maximum absolute atomic E-state index is 11.1. The van der Waals surface area contributed by atoms with Gasteiger partial charge in [0.15, 0.2) is 0 Å². The Labute approximate surface area is 97.2 Å². The van der Waals surface area contributed by atoms with E-state index in [1.54, 1.807) is 0 Å². The number of oxime groups is 1. The number of nitrogens with zero attached hydrogens (tertiary/aromatic N) is 4. The average Bonchev–Trinajstić information content (AvgIpc) is 2.61. The van der Waals surface area contributed by atoms with Crippen molar-refractivity contribution < 1.29 is 14.8 Å². The molecule has 1 atom stereocenters. The van der Waals surface area contributed by atoms with Gasteiger partial charge in [-0.2, -0.15) is 0 Å². The van der Waals surface area contributed by atoms with Gasteiger partial charge in [-0.1, -0.05) is 0 Å². The van der Waals surface area contributed by atoms with Crippen molar-refractivity contribution in [3.05, 3.63) is 49.0 Å². The van der Waals surface area contributed by atoms with Crippen LogP contribution < -0.4 is 0 Å². The minimum Gasteiger partial charge on any atom is -0.722 e. The van der Waals surface area contributed by atoms with Gasteiger partial charge >= 0.3 is 5.00 Å². The first-order valence-corrected chi connectivity index (χ1v) is 4.39. The highest BCUT2D eigenvalue weighted by molar-refractivity contribution is 6.39. The second-order valence-corrected chi connectivity index (χ2v) is 3.64. The van der Waals surface area contributed by atoms with Gasteiger partial charge in [-0.15, -0.1) is 0 Å². The maximum Gasteiger partial charge on any atom is 0.368 e. The molecule has 1 unspecified atom stereocenters. The molecular weight excluding hydrogens is 260 g/mol. The number of hydroxylamine groups is 2. The van der Waals surface area contributed by atoms with E-state index in [9.17, 15) is 25.4 Å². The highest BCUT2D eigenvalue weighted by atomic mass is 35.5. The van der Waals surface area contributed by atoms with Crippen molar-refractivity contribution in [1.82, 2.24) is 5.23 Å². The van der Waals surface area contributed by atoms with E-state index in [0.717, 1.165) is 6.08 Å². The van der Waals surface area contributed by atoms with Crippen molar-refractivity contribution in [2.45, 2.75) is 5.00 Å². The topological polar surface area (TPSA) is 134 Å². The minimum absolute atomic E-state index is 0.188. The van der Waals surface area contributed by atoms with Gasteiger partial charge in [0.25, 0.3) is 5.70 Å². The van der Waals surface area contributed by atoms with Crippen LogP contribution in [0.4, 0.5) is 0 Å². The number of nitro groups is 2. The lowest BCUT2D eigenvalue weighted by molar-refractivity contribution is -0.510. The smallest absolute Gasteiger partial charge is 0.368 e. The highest BCUT2D eigenvalue weighted by Gasteiger charge is 2.54. The second-order valence-electron chi connectivity index (χ2n) is 3.07. The molecule has 0 N–H and O–H groups in total. The SMILES string of the molecule is O=[N+]([O-])C1=CC(Cl)([N+](=O)[O-])C2=NON([O-])C2=C1. The number of alkyl halides is 1. The second kappa shape index (κ2) is 3.40. The number of rotatable bonds is 2. The molecule has 0 radical (unpaired) electrons. The van der Waals surface area contributed by atoms with E-state index >= 15 is 0 Å². The zero-order valence-electron chi connectivity index (χ0n) is 7.77. The number of hydrogen-bond donors (Lipinski definition) is 0. The summed E-state index contributed by atoms with van der Waals surface area (Å²) in [5.41, 5.74) is -1.65. The van der Waals surface area contributed by atoms with Gasteiger partial charge in [0.05, 0.1) is 15.9 Å². The molecule has 0 bridgehead atoms. The third kappa shape index (κ3) is 1.50. The Hall–Kier alpha value is -2.20. The molecular formula is C6H2ClN4O6-. The third-order valence-corrected chi connectivity index (χ3v) is 2.50. The molecule has 0 spiro atoms. The van der Waals surface area contributed by atoms with Crippen LogP contribution in [0.15, 0.2) is 28.7 Å². The molecule has 0 aromatic rings. The Morgan fingerprint density at radius 1 is 1.47 bits per heavy atom. The van der Waals surface area contributed by atoms with Crippen molar-refractivity contribution in [3.63, 3.8) is 0 Å². The normalized spacial score (nSPS) is 26.5. The minimum atomic E-state index is -2.48. The molecule has 1 heterocycles. The number of allylic oxidation sites excluding steroid dienone is 1. The first-order valence-electron chi connectivity index (χ1n) is 4.02. The summed E-state index contributed by atoms with van der Waals surface area (Å²) >= 11 is 5.62. The summed E-state index contributed by atoms with van der Waals surface area (Å²) in [4.78, 5) is 21.1. The lowest BCUT2D eigenvalue weighted by Gasteiger charge is -2.23. The fourth-order valence-corrected chi connectivity index (χ4v) is 1.55. The van der Waals surface area contributed by atoms with Crippen molar-refractivity contribution in [2.24, 2.45) is 5.16 Å². The first-order chi connectivity index (χ1) is 7.86. The van der Waals surface area contributed by atoms with E-state index in [0.29, 0.717) is 6.08 Å². The fourth-order valence-electron chi connectivity index (χ4n) is 1.31. The van der Waals surface area contributed by atoms with E-state index in [-0.39, 0.29) is 5.23 Å². The number of hydrogen-bond acceptors (Lipinski definition) is 8. The highest BCUT2D eigenvalue weighted by Crippen LogP contribution is 2.35. The predicted molar refractivity (Wildman–Crippen MR) is 52.5 cm³/mol. The molecule has 0 saturated carbocycles. The molecule has 0 aromatic carbocycles. The van der Waals surface area contributed by atoms with E-state index in [4.69, 9.17) is 11.6 Å². The molecule has 0 aromatic heterocycles. The van der Waals surface area contributed by atoms with Gasteiger partial charge in [-0.05, 0) is 16.8 Å². The average molecular weight is 262 g/mol. The largest absolute Gasteiger partial charge is 0.722 e. The Morgan fingerprint density at radius 2 is 2.12 bits per heavy atom.